The van der Waals surface area contributed by atoms with Crippen LogP contribution in [-0.4, -0.2) is 12.3 Å². The van der Waals surface area contributed by atoms with Gasteiger partial charge in [0.25, 0.3) is 0 Å². The molecule has 1 nitrogen and oxygen atoms in total. The van der Waals surface area contributed by atoms with Crippen LogP contribution in [-0.2, 0) is 0 Å². The van der Waals surface area contributed by atoms with Gasteiger partial charge >= 0.3 is 0 Å². The van der Waals surface area contributed by atoms with Crippen LogP contribution >= 0.6 is 0 Å². The van der Waals surface area contributed by atoms with Crippen LogP contribution < -0.4 is 0 Å². The molecule has 0 amide bonds. The third kappa shape index (κ3) is 3.94. The van der Waals surface area contributed by atoms with Gasteiger partial charge in [-0.25, -0.2) is 0 Å². The largest absolute Gasteiger partial charge is 0.286 e. The molecule has 72 valence electrons. The van der Waals surface area contributed by atoms with Crippen molar-refractivity contribution in [1.82, 2.24) is 0 Å². The van der Waals surface area contributed by atoms with Crippen molar-refractivity contribution in [2.45, 2.75) is 32.2 Å². The summed E-state index contributed by atoms with van der Waals surface area (Å²) in [6.45, 7) is 5.45. The lowest BCUT2D eigenvalue weighted by atomic mass is 10.1. The van der Waals surface area contributed by atoms with Gasteiger partial charge in [-0.2, -0.15) is 0 Å². The molecule has 0 spiro atoms. The molecule has 1 heteroatoms. The fourth-order valence-corrected chi connectivity index (χ4v) is 1.20. The van der Waals surface area contributed by atoms with Crippen LogP contribution in [0, 0.1) is 11.8 Å². The molecule has 0 aromatic heterocycles. The van der Waals surface area contributed by atoms with Gasteiger partial charge in [-0.05, 0) is 25.8 Å². The van der Waals surface area contributed by atoms with E-state index < -0.39 is 0 Å². The Hall–Kier alpha value is -1.51. The van der Waals surface area contributed by atoms with Gasteiger partial charge in [0.05, 0.1) is 6.04 Å². The van der Waals surface area contributed by atoms with Crippen molar-refractivity contribution in [1.29, 1.82) is 0 Å². The molecule has 0 aromatic carbocycles. The first-order valence-corrected chi connectivity index (χ1v) is 4.88. The quantitative estimate of drug-likeness (QED) is 0.364. The standard InChI is InChI=1S/C13H15N/c1-3-12(2)8-5-4-6-9-13-10-7-11-14-13/h7,10-11,13H,1,4,6,9H2,2H3. The molecule has 1 rings (SSSR count). The van der Waals surface area contributed by atoms with E-state index in [1.165, 1.54) is 0 Å². The molecule has 0 bridgehead atoms. The van der Waals surface area contributed by atoms with Gasteiger partial charge < -0.3 is 0 Å². The Bertz CT molecular complexity index is 331. The summed E-state index contributed by atoms with van der Waals surface area (Å²) in [7, 11) is 0. The zero-order valence-electron chi connectivity index (χ0n) is 8.59. The van der Waals surface area contributed by atoms with Crippen molar-refractivity contribution in [2.75, 3.05) is 0 Å². The Morgan fingerprint density at radius 3 is 3.07 bits per heavy atom. The summed E-state index contributed by atoms with van der Waals surface area (Å²) in [5, 5.41) is 0. The second-order valence-corrected chi connectivity index (χ2v) is 3.25. The molecular weight excluding hydrogens is 170 g/mol. The van der Waals surface area contributed by atoms with E-state index in [1.807, 2.05) is 19.2 Å². The lowest BCUT2D eigenvalue weighted by Gasteiger charge is -2.00. The molecule has 1 unspecified atom stereocenters. The fourth-order valence-electron chi connectivity index (χ4n) is 1.20. The smallest absolute Gasteiger partial charge is 0.0683 e. The first-order valence-electron chi connectivity index (χ1n) is 4.88. The first kappa shape index (κ1) is 10.6. The van der Waals surface area contributed by atoms with Crippen LogP contribution in [0.1, 0.15) is 26.2 Å². The number of hydrogen-bond acceptors (Lipinski definition) is 1. The Kier molecular flexibility index (Phi) is 4.55. The molecule has 0 saturated carbocycles. The van der Waals surface area contributed by atoms with E-state index in [1.54, 1.807) is 0 Å². The molecular formula is C13H15N. The van der Waals surface area contributed by atoms with Crippen molar-refractivity contribution in [3.8, 4) is 11.8 Å². The third-order valence-corrected chi connectivity index (χ3v) is 2.04. The van der Waals surface area contributed by atoms with Gasteiger partial charge in [0, 0.05) is 18.2 Å². The Morgan fingerprint density at radius 1 is 1.57 bits per heavy atom. The van der Waals surface area contributed by atoms with Crippen LogP contribution in [0.25, 0.3) is 0 Å². The fraction of sp³-hybridized carbons (Fsp3) is 0.385. The Balaban J connectivity index is 2.15. The van der Waals surface area contributed by atoms with Crippen LogP contribution in [0.15, 0.2) is 35.0 Å². The maximum Gasteiger partial charge on any atom is 0.0683 e. The van der Waals surface area contributed by atoms with E-state index in [2.05, 4.69) is 35.2 Å². The van der Waals surface area contributed by atoms with Crippen molar-refractivity contribution in [3.05, 3.63) is 30.0 Å². The highest BCUT2D eigenvalue weighted by atomic mass is 14.8. The van der Waals surface area contributed by atoms with Crippen molar-refractivity contribution in [3.63, 3.8) is 0 Å². The predicted molar refractivity (Wildman–Crippen MR) is 61.4 cm³/mol. The van der Waals surface area contributed by atoms with Crippen molar-refractivity contribution >= 4 is 6.21 Å². The SMILES string of the molecule is C=C=C(C)C#CCCCC1C=CC=N1. The second-order valence-electron chi connectivity index (χ2n) is 3.25. The van der Waals surface area contributed by atoms with Gasteiger partial charge in [0.1, 0.15) is 0 Å². The summed E-state index contributed by atoms with van der Waals surface area (Å²) < 4.78 is 0. The highest BCUT2D eigenvalue weighted by molar-refractivity contribution is 5.74. The topological polar surface area (TPSA) is 12.4 Å². The molecule has 0 radical (unpaired) electrons. The van der Waals surface area contributed by atoms with Gasteiger partial charge in [-0.1, -0.05) is 24.5 Å². The monoisotopic (exact) mass is 185 g/mol. The molecule has 0 fully saturated rings. The average Bonchev–Trinajstić information content (AvgIpc) is 2.69. The van der Waals surface area contributed by atoms with E-state index in [0.29, 0.717) is 6.04 Å². The van der Waals surface area contributed by atoms with E-state index in [-0.39, 0.29) is 0 Å². The molecule has 1 aliphatic rings. The number of allylic oxidation sites excluding steroid dienone is 2. The number of nitrogens with zero attached hydrogens (tertiary/aromatic N) is 1. The Labute approximate surface area is 85.9 Å². The molecule has 1 atom stereocenters. The highest BCUT2D eigenvalue weighted by Gasteiger charge is 2.02. The van der Waals surface area contributed by atoms with Crippen molar-refractivity contribution in [2.24, 2.45) is 4.99 Å². The minimum Gasteiger partial charge on any atom is -0.286 e. The van der Waals surface area contributed by atoms with Gasteiger partial charge in [-0.15, -0.1) is 5.73 Å². The average molecular weight is 185 g/mol. The normalized spacial score (nSPS) is 17.4. The lowest BCUT2D eigenvalue weighted by Crippen LogP contribution is -1.95. The summed E-state index contributed by atoms with van der Waals surface area (Å²) in [5.41, 5.74) is 3.68. The molecule has 0 saturated heterocycles. The van der Waals surface area contributed by atoms with Crippen molar-refractivity contribution < 1.29 is 0 Å². The number of aliphatic imine (C=N–C) groups is 1. The first-order chi connectivity index (χ1) is 6.83. The Morgan fingerprint density at radius 2 is 2.43 bits per heavy atom. The van der Waals surface area contributed by atoms with E-state index in [4.69, 9.17) is 0 Å². The minimum atomic E-state index is 0.396. The van der Waals surface area contributed by atoms with E-state index in [0.717, 1.165) is 24.8 Å². The number of unbranched alkanes of at least 4 members (excludes halogenated alkanes) is 1. The molecule has 1 aliphatic heterocycles. The lowest BCUT2D eigenvalue weighted by molar-refractivity contribution is 0.689. The van der Waals surface area contributed by atoms with Gasteiger partial charge in [0.2, 0.25) is 0 Å². The molecule has 0 N–H and O–H groups in total. The predicted octanol–water partition coefficient (Wildman–Crippen LogP) is 2.90. The number of rotatable bonds is 3. The maximum atomic E-state index is 4.27. The minimum absolute atomic E-state index is 0.396. The van der Waals surface area contributed by atoms with Crippen LogP contribution in [0.2, 0.25) is 0 Å². The summed E-state index contributed by atoms with van der Waals surface area (Å²) in [6.07, 6.45) is 9.12. The van der Waals surface area contributed by atoms with Crippen LogP contribution in [0.5, 0.6) is 0 Å². The summed E-state index contributed by atoms with van der Waals surface area (Å²) >= 11 is 0. The molecule has 0 aliphatic carbocycles. The number of hydrogen-bond donors (Lipinski definition) is 0. The molecule has 0 aromatic rings. The summed E-state index contributed by atoms with van der Waals surface area (Å²) in [4.78, 5) is 4.27. The zero-order chi connectivity index (χ0) is 10.2. The van der Waals surface area contributed by atoms with Crippen LogP contribution in [0.4, 0.5) is 0 Å². The second kappa shape index (κ2) is 6.02. The molecule has 14 heavy (non-hydrogen) atoms. The molecule has 1 heterocycles. The summed E-state index contributed by atoms with van der Waals surface area (Å²) in [5.74, 6) is 6.09. The highest BCUT2D eigenvalue weighted by Crippen LogP contribution is 2.08. The third-order valence-electron chi connectivity index (χ3n) is 2.04. The van der Waals surface area contributed by atoms with Gasteiger partial charge in [-0.3, -0.25) is 4.99 Å². The summed E-state index contributed by atoms with van der Waals surface area (Å²) in [6, 6.07) is 0.396. The maximum absolute atomic E-state index is 4.27. The van der Waals surface area contributed by atoms with Crippen LogP contribution in [0.3, 0.4) is 0 Å². The van der Waals surface area contributed by atoms with E-state index >= 15 is 0 Å². The zero-order valence-corrected chi connectivity index (χ0v) is 8.59. The van der Waals surface area contributed by atoms with Gasteiger partial charge in [0.15, 0.2) is 0 Å². The van der Waals surface area contributed by atoms with E-state index in [9.17, 15) is 0 Å².